The quantitative estimate of drug-likeness (QED) is 0.898. The number of ether oxygens (including phenoxy) is 1. The van der Waals surface area contributed by atoms with Crippen LogP contribution in [0.5, 0.6) is 0 Å². The maximum Gasteiger partial charge on any atom is 0.136 e. The summed E-state index contributed by atoms with van der Waals surface area (Å²) in [4.78, 5) is 4.35. The Kier molecular flexibility index (Phi) is 3.88. The number of halogens is 1. The van der Waals surface area contributed by atoms with E-state index >= 15 is 0 Å². The van der Waals surface area contributed by atoms with Crippen molar-refractivity contribution in [1.82, 2.24) is 4.57 Å². The summed E-state index contributed by atoms with van der Waals surface area (Å²) in [5.74, 6) is 1.61. The Morgan fingerprint density at radius 2 is 2.14 bits per heavy atom. The van der Waals surface area contributed by atoms with Crippen molar-refractivity contribution in [1.29, 1.82) is 0 Å². The predicted octanol–water partition coefficient (Wildman–Crippen LogP) is 3.18. The average Bonchev–Trinajstić information content (AvgIpc) is 3.26. The first-order valence-corrected chi connectivity index (χ1v) is 8.61. The topological polar surface area (TPSA) is 58.8 Å². The van der Waals surface area contributed by atoms with E-state index in [1.54, 1.807) is 0 Å². The van der Waals surface area contributed by atoms with Gasteiger partial charge in [-0.15, -0.1) is 0 Å². The Balaban J connectivity index is 1.73. The largest absolute Gasteiger partial charge is 0.394 e. The van der Waals surface area contributed by atoms with Gasteiger partial charge < -0.3 is 19.7 Å². The van der Waals surface area contributed by atoms with Crippen LogP contribution in [0, 0.1) is 0 Å². The molecule has 1 aliphatic carbocycles. The molecule has 4 rings (SSSR count). The molecule has 0 spiro atoms. The SMILES string of the molecule is OCC1CCC(n2cc(C3CCCC3)c3c2NCN=C3Cl)O1. The van der Waals surface area contributed by atoms with Crippen molar-refractivity contribution < 1.29 is 9.84 Å². The van der Waals surface area contributed by atoms with Crippen LogP contribution in [-0.4, -0.2) is 34.2 Å². The van der Waals surface area contributed by atoms with Crippen molar-refractivity contribution in [3.8, 4) is 0 Å². The van der Waals surface area contributed by atoms with Gasteiger partial charge in [0.05, 0.1) is 18.3 Å². The highest BCUT2D eigenvalue weighted by Crippen LogP contribution is 2.43. The summed E-state index contributed by atoms with van der Waals surface area (Å²) >= 11 is 6.42. The normalized spacial score (nSPS) is 28.5. The molecule has 1 aromatic heterocycles. The molecule has 0 amide bonds. The van der Waals surface area contributed by atoms with Crippen LogP contribution in [0.15, 0.2) is 11.2 Å². The maximum absolute atomic E-state index is 9.30. The van der Waals surface area contributed by atoms with E-state index in [-0.39, 0.29) is 18.9 Å². The molecule has 1 saturated carbocycles. The molecule has 2 atom stereocenters. The number of fused-ring (bicyclic) bond motifs is 1. The Hall–Kier alpha value is -1.04. The average molecular weight is 324 g/mol. The third-order valence-corrected chi connectivity index (χ3v) is 5.44. The number of aliphatic hydroxyl groups is 1. The second kappa shape index (κ2) is 5.87. The molecule has 3 aliphatic rings. The first-order valence-electron chi connectivity index (χ1n) is 8.23. The van der Waals surface area contributed by atoms with Gasteiger partial charge in [0.25, 0.3) is 0 Å². The van der Waals surface area contributed by atoms with Gasteiger partial charge in [-0.25, -0.2) is 0 Å². The summed E-state index contributed by atoms with van der Waals surface area (Å²) in [5, 5.41) is 13.3. The number of aliphatic imine (C=N–C) groups is 1. The molecule has 2 aliphatic heterocycles. The van der Waals surface area contributed by atoms with Crippen molar-refractivity contribution in [2.45, 2.75) is 56.8 Å². The zero-order chi connectivity index (χ0) is 15.1. The van der Waals surface area contributed by atoms with Crippen LogP contribution in [0.25, 0.3) is 0 Å². The van der Waals surface area contributed by atoms with Gasteiger partial charge in [-0.05, 0) is 37.2 Å². The summed E-state index contributed by atoms with van der Waals surface area (Å²) in [6.07, 6.45) is 9.00. The predicted molar refractivity (Wildman–Crippen MR) is 86.8 cm³/mol. The molecule has 2 unspecified atom stereocenters. The highest BCUT2D eigenvalue weighted by molar-refractivity contribution is 6.70. The molecule has 1 aromatic rings. The molecule has 2 N–H and O–H groups in total. The second-order valence-corrected chi connectivity index (χ2v) is 6.81. The van der Waals surface area contributed by atoms with Crippen LogP contribution >= 0.6 is 11.6 Å². The van der Waals surface area contributed by atoms with E-state index in [4.69, 9.17) is 16.3 Å². The van der Waals surface area contributed by atoms with Gasteiger partial charge in [-0.3, -0.25) is 4.99 Å². The van der Waals surface area contributed by atoms with Crippen molar-refractivity contribution in [3.63, 3.8) is 0 Å². The number of aliphatic hydroxyl groups excluding tert-OH is 1. The molecule has 6 heteroatoms. The lowest BCUT2D eigenvalue weighted by molar-refractivity contribution is -0.0213. The third kappa shape index (κ3) is 2.36. The minimum atomic E-state index is -0.0503. The molecular weight excluding hydrogens is 302 g/mol. The smallest absolute Gasteiger partial charge is 0.136 e. The van der Waals surface area contributed by atoms with E-state index in [0.717, 1.165) is 24.2 Å². The van der Waals surface area contributed by atoms with Gasteiger partial charge >= 0.3 is 0 Å². The van der Waals surface area contributed by atoms with E-state index in [1.807, 2.05) is 0 Å². The highest BCUT2D eigenvalue weighted by atomic mass is 35.5. The summed E-state index contributed by atoms with van der Waals surface area (Å²) in [6.45, 7) is 0.598. The fourth-order valence-electron chi connectivity index (χ4n) is 4.00. The molecule has 3 heterocycles. The highest BCUT2D eigenvalue weighted by Gasteiger charge is 2.33. The lowest BCUT2D eigenvalue weighted by Gasteiger charge is -2.20. The van der Waals surface area contributed by atoms with Gasteiger partial charge in [-0.2, -0.15) is 0 Å². The molecule has 0 aromatic carbocycles. The van der Waals surface area contributed by atoms with Crippen molar-refractivity contribution in [2.24, 2.45) is 4.99 Å². The molecular formula is C16H22ClN3O2. The number of hydrogen-bond acceptors (Lipinski definition) is 4. The van der Waals surface area contributed by atoms with E-state index in [2.05, 4.69) is 21.1 Å². The lowest BCUT2D eigenvalue weighted by atomic mass is 9.96. The van der Waals surface area contributed by atoms with Crippen molar-refractivity contribution >= 4 is 22.6 Å². The molecule has 120 valence electrons. The van der Waals surface area contributed by atoms with Gasteiger partial charge in [0.1, 0.15) is 23.9 Å². The molecule has 0 bridgehead atoms. The van der Waals surface area contributed by atoms with E-state index in [9.17, 15) is 5.11 Å². The number of nitrogens with zero attached hydrogens (tertiary/aromatic N) is 2. The Morgan fingerprint density at radius 1 is 1.32 bits per heavy atom. The number of nitrogens with one attached hydrogen (secondary N) is 1. The number of anilines is 1. The fraction of sp³-hybridized carbons (Fsp3) is 0.688. The number of rotatable bonds is 3. The Bertz CT molecular complexity index is 592. The maximum atomic E-state index is 9.30. The van der Waals surface area contributed by atoms with E-state index in [1.165, 1.54) is 31.2 Å². The molecule has 1 saturated heterocycles. The fourth-order valence-corrected chi connectivity index (χ4v) is 4.26. The summed E-state index contributed by atoms with van der Waals surface area (Å²) < 4.78 is 8.14. The van der Waals surface area contributed by atoms with E-state index in [0.29, 0.717) is 17.8 Å². The zero-order valence-electron chi connectivity index (χ0n) is 12.6. The molecule has 5 nitrogen and oxygen atoms in total. The van der Waals surface area contributed by atoms with E-state index < -0.39 is 0 Å². The van der Waals surface area contributed by atoms with Gasteiger partial charge in [-0.1, -0.05) is 24.4 Å². The summed E-state index contributed by atoms with van der Waals surface area (Å²) in [6, 6.07) is 0. The number of hydrogen-bond donors (Lipinski definition) is 2. The van der Waals surface area contributed by atoms with Crippen LogP contribution in [0.2, 0.25) is 0 Å². The monoisotopic (exact) mass is 323 g/mol. The minimum absolute atomic E-state index is 0.0175. The van der Waals surface area contributed by atoms with Gasteiger partial charge in [0.15, 0.2) is 0 Å². The van der Waals surface area contributed by atoms with Crippen LogP contribution in [0.1, 0.15) is 61.8 Å². The van der Waals surface area contributed by atoms with Gasteiger partial charge in [0.2, 0.25) is 0 Å². The standard InChI is InChI=1S/C16H22ClN3O2/c17-15-14-12(10-3-1-2-4-10)7-20(16(14)19-9-18-15)13-6-5-11(8-21)22-13/h7,10-11,13,19,21H,1-6,8-9H2. The van der Waals surface area contributed by atoms with Crippen molar-refractivity contribution in [2.75, 3.05) is 18.6 Å². The minimum Gasteiger partial charge on any atom is -0.394 e. The first kappa shape index (κ1) is 14.5. The first-order chi connectivity index (χ1) is 10.8. The van der Waals surface area contributed by atoms with Gasteiger partial charge in [0, 0.05) is 6.20 Å². The zero-order valence-corrected chi connectivity index (χ0v) is 13.4. The Labute approximate surface area is 135 Å². The number of aromatic nitrogens is 1. The van der Waals surface area contributed by atoms with Crippen LogP contribution in [0.3, 0.4) is 0 Å². The molecule has 2 fully saturated rings. The lowest BCUT2D eigenvalue weighted by Crippen LogP contribution is -2.18. The summed E-state index contributed by atoms with van der Waals surface area (Å²) in [7, 11) is 0. The van der Waals surface area contributed by atoms with Crippen LogP contribution in [0.4, 0.5) is 5.82 Å². The van der Waals surface area contributed by atoms with Crippen LogP contribution in [-0.2, 0) is 4.74 Å². The van der Waals surface area contributed by atoms with Crippen molar-refractivity contribution in [3.05, 3.63) is 17.3 Å². The summed E-state index contributed by atoms with van der Waals surface area (Å²) in [5.41, 5.74) is 2.38. The molecule has 22 heavy (non-hydrogen) atoms. The Morgan fingerprint density at radius 3 is 2.86 bits per heavy atom. The second-order valence-electron chi connectivity index (χ2n) is 6.45. The third-order valence-electron chi connectivity index (χ3n) is 5.13. The van der Waals surface area contributed by atoms with Crippen LogP contribution < -0.4 is 5.32 Å². The molecule has 0 radical (unpaired) electrons.